The molecule has 1 aliphatic rings. The zero-order valence-electron chi connectivity index (χ0n) is 15.7. The maximum Gasteiger partial charge on any atom is 0.339 e. The molecule has 1 amide bonds. The van der Waals surface area contributed by atoms with Crippen molar-refractivity contribution in [2.45, 2.75) is 19.3 Å². The number of carbonyl (C=O) groups excluding carboxylic acids is 2. The lowest BCUT2D eigenvalue weighted by molar-refractivity contribution is -0.121. The average Bonchev–Trinajstić information content (AvgIpc) is 2.72. The topological polar surface area (TPSA) is 82.3 Å². The summed E-state index contributed by atoms with van der Waals surface area (Å²) in [6.45, 7) is -0.447. The van der Waals surface area contributed by atoms with Gasteiger partial charge < -0.3 is 10.5 Å². The van der Waals surface area contributed by atoms with Gasteiger partial charge in [-0.3, -0.25) is 4.79 Å². The van der Waals surface area contributed by atoms with E-state index in [0.29, 0.717) is 27.9 Å². The first-order chi connectivity index (χ1) is 14.0. The predicted molar refractivity (Wildman–Crippen MR) is 113 cm³/mol. The molecule has 0 saturated heterocycles. The van der Waals surface area contributed by atoms with Crippen LogP contribution in [0.3, 0.4) is 0 Å². The number of fused-ring (bicyclic) bond motifs is 2. The van der Waals surface area contributed by atoms with Gasteiger partial charge in [0.05, 0.1) is 16.8 Å². The number of ether oxygens (including phenoxy) is 1. The molecule has 0 unspecified atom stereocenters. The van der Waals surface area contributed by atoms with Crippen LogP contribution in [0.2, 0.25) is 5.02 Å². The molecule has 0 saturated carbocycles. The summed E-state index contributed by atoms with van der Waals surface area (Å²) in [7, 11) is 0. The largest absolute Gasteiger partial charge is 0.452 e. The number of allylic oxidation sites excluding steroid dienone is 1. The Bertz CT molecular complexity index is 1140. The van der Waals surface area contributed by atoms with Crippen LogP contribution >= 0.6 is 11.6 Å². The van der Waals surface area contributed by atoms with E-state index < -0.39 is 18.5 Å². The van der Waals surface area contributed by atoms with Crippen LogP contribution in [-0.2, 0) is 16.0 Å². The Kier molecular flexibility index (Phi) is 5.32. The molecule has 0 fully saturated rings. The van der Waals surface area contributed by atoms with Crippen LogP contribution in [0.25, 0.3) is 22.6 Å². The van der Waals surface area contributed by atoms with Gasteiger partial charge >= 0.3 is 5.97 Å². The molecule has 29 heavy (non-hydrogen) atoms. The van der Waals surface area contributed by atoms with Crippen molar-refractivity contribution in [3.63, 3.8) is 0 Å². The Labute approximate surface area is 173 Å². The quantitative estimate of drug-likeness (QED) is 0.650. The fourth-order valence-electron chi connectivity index (χ4n) is 3.68. The molecule has 1 aliphatic carbocycles. The lowest BCUT2D eigenvalue weighted by Gasteiger charge is -2.22. The molecular formula is C23H19ClN2O3. The maximum atomic E-state index is 12.8. The first-order valence-electron chi connectivity index (χ1n) is 9.36. The van der Waals surface area contributed by atoms with E-state index in [0.717, 1.165) is 35.2 Å². The lowest BCUT2D eigenvalue weighted by atomic mass is 9.86. The number of hydrogen-bond acceptors (Lipinski definition) is 4. The number of halogens is 1. The summed E-state index contributed by atoms with van der Waals surface area (Å²) in [5.74, 6) is -1.24. The normalized spacial score (nSPS) is 14.6. The van der Waals surface area contributed by atoms with Crippen LogP contribution in [0.1, 0.15) is 40.0 Å². The van der Waals surface area contributed by atoms with Crippen molar-refractivity contribution in [3.8, 4) is 0 Å². The molecule has 2 aromatic carbocycles. The van der Waals surface area contributed by atoms with Gasteiger partial charge in [0, 0.05) is 10.4 Å². The highest BCUT2D eigenvalue weighted by molar-refractivity contribution is 6.30. The van der Waals surface area contributed by atoms with Gasteiger partial charge in [-0.15, -0.1) is 0 Å². The van der Waals surface area contributed by atoms with E-state index in [1.165, 1.54) is 0 Å². The zero-order valence-corrected chi connectivity index (χ0v) is 16.4. The molecule has 6 heteroatoms. The molecule has 0 spiro atoms. The fourth-order valence-corrected chi connectivity index (χ4v) is 3.80. The summed E-state index contributed by atoms with van der Waals surface area (Å²) >= 11 is 5.99. The van der Waals surface area contributed by atoms with Gasteiger partial charge in [-0.1, -0.05) is 41.9 Å². The van der Waals surface area contributed by atoms with Crippen molar-refractivity contribution in [1.82, 2.24) is 4.98 Å². The van der Waals surface area contributed by atoms with Crippen molar-refractivity contribution >= 4 is 46.0 Å². The van der Waals surface area contributed by atoms with E-state index in [9.17, 15) is 9.59 Å². The van der Waals surface area contributed by atoms with Gasteiger partial charge in [0.2, 0.25) is 0 Å². The molecule has 4 rings (SSSR count). The molecule has 5 nitrogen and oxygen atoms in total. The van der Waals surface area contributed by atoms with Gasteiger partial charge in [-0.05, 0) is 60.2 Å². The predicted octanol–water partition coefficient (Wildman–Crippen LogP) is 4.41. The summed E-state index contributed by atoms with van der Waals surface area (Å²) in [4.78, 5) is 28.8. The van der Waals surface area contributed by atoms with Crippen molar-refractivity contribution in [1.29, 1.82) is 0 Å². The summed E-state index contributed by atoms with van der Waals surface area (Å²) in [6.07, 6.45) is 4.54. The van der Waals surface area contributed by atoms with Crippen molar-refractivity contribution in [2.75, 3.05) is 6.61 Å². The van der Waals surface area contributed by atoms with E-state index in [4.69, 9.17) is 27.1 Å². The number of carbonyl (C=O) groups is 2. The van der Waals surface area contributed by atoms with Gasteiger partial charge in [0.1, 0.15) is 0 Å². The minimum absolute atomic E-state index is 0.447. The lowest BCUT2D eigenvalue weighted by Crippen LogP contribution is -2.22. The number of rotatable bonds is 4. The number of primary amides is 1. The summed E-state index contributed by atoms with van der Waals surface area (Å²) in [6, 6.07) is 15.0. The third kappa shape index (κ3) is 4.00. The molecule has 1 heterocycles. The maximum absolute atomic E-state index is 12.8. The van der Waals surface area contributed by atoms with Crippen molar-refractivity contribution in [2.24, 2.45) is 5.73 Å². The molecular weight excluding hydrogens is 388 g/mol. The van der Waals surface area contributed by atoms with Crippen LogP contribution < -0.4 is 5.73 Å². The van der Waals surface area contributed by atoms with E-state index >= 15 is 0 Å². The van der Waals surface area contributed by atoms with Crippen LogP contribution in [-0.4, -0.2) is 23.5 Å². The zero-order chi connectivity index (χ0) is 20.4. The molecule has 0 radical (unpaired) electrons. The highest BCUT2D eigenvalue weighted by atomic mass is 35.5. The van der Waals surface area contributed by atoms with Crippen molar-refractivity contribution in [3.05, 3.63) is 75.9 Å². The SMILES string of the molecule is NC(=O)COC(=O)c1c2c(nc3ccccc13)/C(=C\c1ccc(Cl)cc1)CCC2. The van der Waals surface area contributed by atoms with Crippen molar-refractivity contribution < 1.29 is 14.3 Å². The van der Waals surface area contributed by atoms with E-state index in [2.05, 4.69) is 6.08 Å². The second-order valence-corrected chi connectivity index (χ2v) is 7.38. The molecule has 0 bridgehead atoms. The monoisotopic (exact) mass is 406 g/mol. The highest BCUT2D eigenvalue weighted by Crippen LogP contribution is 2.36. The first kappa shape index (κ1) is 19.2. The number of nitrogens with zero attached hydrogens (tertiary/aromatic N) is 1. The molecule has 3 aromatic rings. The Hall–Kier alpha value is -3.18. The van der Waals surface area contributed by atoms with Gasteiger partial charge in [0.15, 0.2) is 6.61 Å². The number of nitrogens with two attached hydrogens (primary N) is 1. The minimum Gasteiger partial charge on any atom is -0.452 e. The Morgan fingerprint density at radius 3 is 2.62 bits per heavy atom. The van der Waals surface area contributed by atoms with Gasteiger partial charge in [-0.25, -0.2) is 9.78 Å². The molecule has 1 aromatic heterocycles. The third-order valence-electron chi connectivity index (χ3n) is 4.93. The van der Waals surface area contributed by atoms with E-state index in [1.807, 2.05) is 48.5 Å². The van der Waals surface area contributed by atoms with Crippen LogP contribution in [0.4, 0.5) is 0 Å². The fraction of sp³-hybridized carbons (Fsp3) is 0.174. The van der Waals surface area contributed by atoms with Gasteiger partial charge in [-0.2, -0.15) is 0 Å². The first-order valence-corrected chi connectivity index (χ1v) is 9.74. The summed E-state index contributed by atoms with van der Waals surface area (Å²) in [5.41, 5.74) is 10.0. The Morgan fingerprint density at radius 2 is 1.86 bits per heavy atom. The summed E-state index contributed by atoms with van der Waals surface area (Å²) in [5, 5.41) is 1.40. The Morgan fingerprint density at radius 1 is 1.10 bits per heavy atom. The Balaban J connectivity index is 1.87. The van der Waals surface area contributed by atoms with Crippen LogP contribution in [0.15, 0.2) is 48.5 Å². The minimum atomic E-state index is -0.686. The van der Waals surface area contributed by atoms with E-state index in [1.54, 1.807) is 0 Å². The number of hydrogen-bond donors (Lipinski definition) is 1. The molecule has 2 N–H and O–H groups in total. The molecule has 0 aliphatic heterocycles. The van der Waals surface area contributed by atoms with Crippen LogP contribution in [0, 0.1) is 0 Å². The van der Waals surface area contributed by atoms with E-state index in [-0.39, 0.29) is 0 Å². The number of amides is 1. The molecule has 146 valence electrons. The molecule has 0 atom stereocenters. The number of aromatic nitrogens is 1. The second-order valence-electron chi connectivity index (χ2n) is 6.95. The number of benzene rings is 2. The van der Waals surface area contributed by atoms with Gasteiger partial charge in [0.25, 0.3) is 5.91 Å². The van der Waals surface area contributed by atoms with Crippen LogP contribution in [0.5, 0.6) is 0 Å². The standard InChI is InChI=1S/C23H19ClN2O3/c24-16-10-8-14(9-11-16)12-15-4-3-6-18-21(23(28)29-13-20(25)27)17-5-1-2-7-19(17)26-22(15)18/h1-2,5,7-12H,3-4,6,13H2,(H2,25,27)/b15-12-. The number of pyridine rings is 1. The third-order valence-corrected chi connectivity index (χ3v) is 5.18. The second kappa shape index (κ2) is 8.05. The highest BCUT2D eigenvalue weighted by Gasteiger charge is 2.26. The smallest absolute Gasteiger partial charge is 0.339 e. The summed E-state index contributed by atoms with van der Waals surface area (Å²) < 4.78 is 5.16. The average molecular weight is 407 g/mol. The number of para-hydroxylation sites is 1. The number of esters is 1.